The fourth-order valence-corrected chi connectivity index (χ4v) is 3.41. The van der Waals surface area contributed by atoms with Gasteiger partial charge in [-0.15, -0.1) is 0 Å². The first-order valence-corrected chi connectivity index (χ1v) is 8.08. The molecule has 4 rings (SSSR count). The Bertz CT molecular complexity index is 772. The van der Waals surface area contributed by atoms with Gasteiger partial charge < -0.3 is 15.0 Å². The van der Waals surface area contributed by atoms with Gasteiger partial charge in [-0.1, -0.05) is 12.1 Å². The van der Waals surface area contributed by atoms with Crippen molar-refractivity contribution in [3.63, 3.8) is 0 Å². The molecule has 0 unspecified atom stereocenters. The maximum Gasteiger partial charge on any atom is 0.255 e. The van der Waals surface area contributed by atoms with Crippen LogP contribution in [0.3, 0.4) is 0 Å². The molecule has 0 aliphatic carbocycles. The lowest BCUT2D eigenvalue weighted by molar-refractivity contribution is 0.0472. The van der Waals surface area contributed by atoms with Gasteiger partial charge in [-0.05, 0) is 18.2 Å². The third-order valence-electron chi connectivity index (χ3n) is 4.80. The Morgan fingerprint density at radius 3 is 2.79 bits per heavy atom. The quantitative estimate of drug-likeness (QED) is 0.874. The van der Waals surface area contributed by atoms with Gasteiger partial charge in [-0.25, -0.2) is 4.39 Å². The number of carbonyl (C=O) groups is 1. The summed E-state index contributed by atoms with van der Waals surface area (Å²) in [6.45, 7) is 1.80. The van der Waals surface area contributed by atoms with E-state index in [1.54, 1.807) is 18.3 Å². The van der Waals surface area contributed by atoms with E-state index in [4.69, 9.17) is 4.74 Å². The average Bonchev–Trinajstić information content (AvgIpc) is 2.74. The van der Waals surface area contributed by atoms with Crippen LogP contribution in [-0.4, -0.2) is 36.1 Å². The monoisotopic (exact) mass is 327 g/mol. The molecule has 1 fully saturated rings. The number of pyridine rings is 1. The lowest BCUT2D eigenvalue weighted by Crippen LogP contribution is -2.53. The third-order valence-corrected chi connectivity index (χ3v) is 4.80. The van der Waals surface area contributed by atoms with E-state index in [2.05, 4.69) is 10.3 Å². The molecular formula is C18H18FN3O2. The van der Waals surface area contributed by atoms with E-state index in [1.807, 2.05) is 23.1 Å². The summed E-state index contributed by atoms with van der Waals surface area (Å²) in [6, 6.07) is 8.99. The van der Waals surface area contributed by atoms with Crippen molar-refractivity contribution in [3.05, 3.63) is 54.1 Å². The Morgan fingerprint density at radius 2 is 2.00 bits per heavy atom. The molecule has 24 heavy (non-hydrogen) atoms. The Kier molecular flexibility index (Phi) is 3.59. The van der Waals surface area contributed by atoms with Crippen molar-refractivity contribution in [2.75, 3.05) is 24.5 Å². The first-order valence-electron chi connectivity index (χ1n) is 8.08. The van der Waals surface area contributed by atoms with Crippen LogP contribution in [-0.2, 0) is 0 Å². The lowest BCUT2D eigenvalue weighted by atomic mass is 9.90. The number of para-hydroxylation sites is 1. The number of aromatic nitrogens is 1. The number of piperidine rings is 1. The van der Waals surface area contributed by atoms with E-state index in [0.717, 1.165) is 0 Å². The zero-order chi connectivity index (χ0) is 16.6. The fourth-order valence-electron chi connectivity index (χ4n) is 3.41. The van der Waals surface area contributed by atoms with Gasteiger partial charge >= 0.3 is 0 Å². The standard InChI is InChI=1S/C18H18FN3O2/c19-14-11-20-8-5-15(14)22-9-6-18(7-10-22)12-21-17(23)13-3-1-2-4-16(13)24-18/h1-5,8,11H,6-7,9-10,12H2,(H,21,23). The van der Waals surface area contributed by atoms with E-state index in [0.29, 0.717) is 49.5 Å². The van der Waals surface area contributed by atoms with Crippen LogP contribution >= 0.6 is 0 Å². The molecule has 0 bridgehead atoms. The van der Waals surface area contributed by atoms with E-state index >= 15 is 0 Å². The predicted octanol–water partition coefficient (Wildman–Crippen LogP) is 2.38. The molecule has 124 valence electrons. The van der Waals surface area contributed by atoms with Crippen molar-refractivity contribution in [1.29, 1.82) is 0 Å². The average molecular weight is 327 g/mol. The summed E-state index contributed by atoms with van der Waals surface area (Å²) >= 11 is 0. The van der Waals surface area contributed by atoms with Gasteiger partial charge in [0.1, 0.15) is 11.4 Å². The van der Waals surface area contributed by atoms with E-state index in [-0.39, 0.29) is 11.7 Å². The van der Waals surface area contributed by atoms with Crippen LogP contribution in [0, 0.1) is 5.82 Å². The van der Waals surface area contributed by atoms with Gasteiger partial charge in [0.05, 0.1) is 24.0 Å². The Hall–Kier alpha value is -2.63. The number of nitrogens with one attached hydrogen (secondary N) is 1. The summed E-state index contributed by atoms with van der Waals surface area (Å²) in [6.07, 6.45) is 4.26. The molecular weight excluding hydrogens is 309 g/mol. The number of carbonyl (C=O) groups excluding carboxylic acids is 1. The van der Waals surface area contributed by atoms with Crippen molar-refractivity contribution in [2.45, 2.75) is 18.4 Å². The number of amides is 1. The Balaban J connectivity index is 1.55. The first kappa shape index (κ1) is 14.9. The summed E-state index contributed by atoms with van der Waals surface area (Å²) in [7, 11) is 0. The molecule has 1 spiro atoms. The van der Waals surface area contributed by atoms with E-state index in [1.165, 1.54) is 6.20 Å². The molecule has 5 nitrogen and oxygen atoms in total. The van der Waals surface area contributed by atoms with Gasteiger partial charge in [0.15, 0.2) is 5.82 Å². The highest BCUT2D eigenvalue weighted by Crippen LogP contribution is 2.34. The van der Waals surface area contributed by atoms with Gasteiger partial charge in [0, 0.05) is 32.1 Å². The molecule has 3 heterocycles. The van der Waals surface area contributed by atoms with Crippen molar-refractivity contribution < 1.29 is 13.9 Å². The summed E-state index contributed by atoms with van der Waals surface area (Å²) < 4.78 is 20.2. The first-order chi connectivity index (χ1) is 11.7. The number of benzene rings is 1. The Labute approximate surface area is 139 Å². The molecule has 2 aromatic rings. The summed E-state index contributed by atoms with van der Waals surface area (Å²) in [5.41, 5.74) is 0.692. The molecule has 1 saturated heterocycles. The van der Waals surface area contributed by atoms with Crippen LogP contribution in [0.5, 0.6) is 5.75 Å². The van der Waals surface area contributed by atoms with Gasteiger partial charge in [-0.3, -0.25) is 9.78 Å². The molecule has 2 aliphatic heterocycles. The summed E-state index contributed by atoms with van der Waals surface area (Å²) in [5, 5.41) is 2.96. The molecule has 0 atom stereocenters. The molecule has 1 amide bonds. The molecule has 1 N–H and O–H groups in total. The van der Waals surface area contributed by atoms with Crippen LogP contribution in [0.25, 0.3) is 0 Å². The number of hydrogen-bond acceptors (Lipinski definition) is 4. The van der Waals surface area contributed by atoms with Crippen molar-refractivity contribution in [1.82, 2.24) is 10.3 Å². The SMILES string of the molecule is O=C1NCC2(CCN(c3ccncc3F)CC2)Oc2ccccc21. The highest BCUT2D eigenvalue weighted by molar-refractivity contribution is 5.97. The fraction of sp³-hybridized carbons (Fsp3) is 0.333. The maximum atomic E-state index is 13.9. The minimum Gasteiger partial charge on any atom is -0.484 e. The number of ether oxygens (including phenoxy) is 1. The van der Waals surface area contributed by atoms with Gasteiger partial charge in [0.2, 0.25) is 0 Å². The van der Waals surface area contributed by atoms with Crippen LogP contribution in [0.2, 0.25) is 0 Å². The number of nitrogens with zero attached hydrogens (tertiary/aromatic N) is 2. The van der Waals surface area contributed by atoms with Crippen LogP contribution in [0.15, 0.2) is 42.7 Å². The summed E-state index contributed by atoms with van der Waals surface area (Å²) in [5.74, 6) is 0.204. The largest absolute Gasteiger partial charge is 0.484 e. The lowest BCUT2D eigenvalue weighted by Gasteiger charge is -2.41. The normalized spacial score (nSPS) is 19.2. The minimum absolute atomic E-state index is 0.106. The van der Waals surface area contributed by atoms with Crippen LogP contribution in [0.4, 0.5) is 10.1 Å². The molecule has 1 aromatic heterocycles. The Morgan fingerprint density at radius 1 is 1.21 bits per heavy atom. The topological polar surface area (TPSA) is 54.5 Å². The van der Waals surface area contributed by atoms with E-state index < -0.39 is 5.60 Å². The highest BCUT2D eigenvalue weighted by Gasteiger charge is 2.40. The zero-order valence-corrected chi connectivity index (χ0v) is 13.2. The zero-order valence-electron chi connectivity index (χ0n) is 13.2. The number of hydrogen-bond donors (Lipinski definition) is 1. The predicted molar refractivity (Wildman–Crippen MR) is 87.8 cm³/mol. The minimum atomic E-state index is -0.442. The van der Waals surface area contributed by atoms with Gasteiger partial charge in [0.25, 0.3) is 5.91 Å². The van der Waals surface area contributed by atoms with Crippen molar-refractivity contribution >= 4 is 11.6 Å². The maximum absolute atomic E-state index is 13.9. The van der Waals surface area contributed by atoms with Crippen molar-refractivity contribution in [2.24, 2.45) is 0 Å². The molecule has 0 radical (unpaired) electrons. The smallest absolute Gasteiger partial charge is 0.255 e. The second kappa shape index (κ2) is 5.78. The second-order valence-electron chi connectivity index (χ2n) is 6.28. The number of fused-ring (bicyclic) bond motifs is 1. The highest BCUT2D eigenvalue weighted by atomic mass is 19.1. The molecule has 1 aromatic carbocycles. The second-order valence-corrected chi connectivity index (χ2v) is 6.28. The van der Waals surface area contributed by atoms with Crippen LogP contribution in [0.1, 0.15) is 23.2 Å². The molecule has 2 aliphatic rings. The third kappa shape index (κ3) is 2.58. The number of rotatable bonds is 1. The van der Waals surface area contributed by atoms with Crippen molar-refractivity contribution in [3.8, 4) is 5.75 Å². The summed E-state index contributed by atoms with van der Waals surface area (Å²) in [4.78, 5) is 18.0. The number of halogens is 1. The van der Waals surface area contributed by atoms with Crippen LogP contribution < -0.4 is 15.0 Å². The van der Waals surface area contributed by atoms with E-state index in [9.17, 15) is 9.18 Å². The molecule has 6 heteroatoms. The molecule has 0 saturated carbocycles. The number of anilines is 1. The van der Waals surface area contributed by atoms with Gasteiger partial charge in [-0.2, -0.15) is 0 Å².